The van der Waals surface area contributed by atoms with Crippen molar-refractivity contribution < 1.29 is 4.79 Å². The zero-order valence-corrected chi connectivity index (χ0v) is 9.81. The lowest BCUT2D eigenvalue weighted by atomic mass is 10.0. The van der Waals surface area contributed by atoms with Gasteiger partial charge in [0.15, 0.2) is 0 Å². The Kier molecular flexibility index (Phi) is 2.33. The standard InChI is InChI=1S/C13H14N4O/c14-11-10(8-15-17-11)12(18)16-13(6-7-13)9-4-2-1-3-5-9/h1-5,8H,6-7H2,(H,16,18)(H3,14,15,17). The summed E-state index contributed by atoms with van der Waals surface area (Å²) in [5.74, 6) is 0.124. The van der Waals surface area contributed by atoms with Crippen LogP contribution in [-0.2, 0) is 5.54 Å². The molecule has 0 bridgehead atoms. The van der Waals surface area contributed by atoms with E-state index in [-0.39, 0.29) is 11.4 Å². The maximum Gasteiger partial charge on any atom is 0.257 e. The lowest BCUT2D eigenvalue weighted by Gasteiger charge is -2.17. The summed E-state index contributed by atoms with van der Waals surface area (Å²) in [6.07, 6.45) is 3.37. The highest BCUT2D eigenvalue weighted by Crippen LogP contribution is 2.45. The van der Waals surface area contributed by atoms with Crippen LogP contribution in [0.3, 0.4) is 0 Å². The van der Waals surface area contributed by atoms with Gasteiger partial charge in [-0.2, -0.15) is 5.10 Å². The number of aromatic nitrogens is 2. The minimum atomic E-state index is -0.220. The molecule has 1 aliphatic rings. The van der Waals surface area contributed by atoms with Gasteiger partial charge in [0.1, 0.15) is 11.4 Å². The number of benzene rings is 1. The van der Waals surface area contributed by atoms with E-state index in [0.717, 1.165) is 18.4 Å². The van der Waals surface area contributed by atoms with E-state index in [0.29, 0.717) is 11.4 Å². The summed E-state index contributed by atoms with van der Waals surface area (Å²) in [7, 11) is 0. The molecule has 5 nitrogen and oxygen atoms in total. The van der Waals surface area contributed by atoms with Crippen molar-refractivity contribution in [2.75, 3.05) is 5.73 Å². The van der Waals surface area contributed by atoms with Crippen molar-refractivity contribution in [3.8, 4) is 0 Å². The van der Waals surface area contributed by atoms with E-state index in [1.165, 1.54) is 6.20 Å². The first-order valence-corrected chi connectivity index (χ1v) is 5.88. The monoisotopic (exact) mass is 242 g/mol. The molecular formula is C13H14N4O. The molecule has 92 valence electrons. The van der Waals surface area contributed by atoms with Gasteiger partial charge in [-0.15, -0.1) is 0 Å². The van der Waals surface area contributed by atoms with Crippen LogP contribution in [0, 0.1) is 0 Å². The number of nitrogens with one attached hydrogen (secondary N) is 2. The van der Waals surface area contributed by atoms with Crippen molar-refractivity contribution in [2.45, 2.75) is 18.4 Å². The topological polar surface area (TPSA) is 83.8 Å². The Bertz CT molecular complexity index is 572. The molecule has 0 atom stereocenters. The molecule has 1 saturated carbocycles. The first-order chi connectivity index (χ1) is 8.71. The first kappa shape index (κ1) is 10.8. The number of carbonyl (C=O) groups excluding carboxylic acids is 1. The molecule has 0 unspecified atom stereocenters. The third-order valence-electron chi connectivity index (χ3n) is 3.34. The van der Waals surface area contributed by atoms with Crippen molar-refractivity contribution in [3.63, 3.8) is 0 Å². The summed E-state index contributed by atoms with van der Waals surface area (Å²) in [5, 5.41) is 9.37. The van der Waals surface area contributed by atoms with E-state index < -0.39 is 0 Å². The zero-order valence-electron chi connectivity index (χ0n) is 9.81. The number of amides is 1. The van der Waals surface area contributed by atoms with Gasteiger partial charge in [0.25, 0.3) is 5.91 Å². The molecule has 3 rings (SSSR count). The molecule has 18 heavy (non-hydrogen) atoms. The van der Waals surface area contributed by atoms with Crippen molar-refractivity contribution in [3.05, 3.63) is 47.7 Å². The summed E-state index contributed by atoms with van der Waals surface area (Å²) in [5.41, 5.74) is 6.96. The Balaban J connectivity index is 1.82. The summed E-state index contributed by atoms with van der Waals surface area (Å²) < 4.78 is 0. The minimum absolute atomic E-state index is 0.178. The second-order valence-electron chi connectivity index (χ2n) is 4.60. The SMILES string of the molecule is Nc1[nH]ncc1C(=O)NC1(c2ccccc2)CC1. The highest BCUT2D eigenvalue weighted by atomic mass is 16.2. The van der Waals surface area contributed by atoms with Gasteiger partial charge in [0.2, 0.25) is 0 Å². The average Bonchev–Trinajstić information content (AvgIpc) is 3.04. The number of hydrogen-bond donors (Lipinski definition) is 3. The Morgan fingerprint density at radius 1 is 1.33 bits per heavy atom. The van der Waals surface area contributed by atoms with Crippen molar-refractivity contribution in [2.24, 2.45) is 0 Å². The van der Waals surface area contributed by atoms with Crippen LogP contribution < -0.4 is 11.1 Å². The van der Waals surface area contributed by atoms with Gasteiger partial charge in [-0.25, -0.2) is 0 Å². The number of rotatable bonds is 3. The largest absolute Gasteiger partial charge is 0.383 e. The molecule has 1 heterocycles. The molecule has 1 aromatic heterocycles. The van der Waals surface area contributed by atoms with Crippen LogP contribution in [0.2, 0.25) is 0 Å². The molecule has 1 aliphatic carbocycles. The summed E-state index contributed by atoms with van der Waals surface area (Å²) in [4.78, 5) is 12.1. The lowest BCUT2D eigenvalue weighted by Crippen LogP contribution is -2.35. The van der Waals surface area contributed by atoms with Crippen molar-refractivity contribution >= 4 is 11.7 Å². The van der Waals surface area contributed by atoms with Crippen LogP contribution in [0.4, 0.5) is 5.82 Å². The normalized spacial score (nSPS) is 16.2. The number of nitrogens with zero attached hydrogens (tertiary/aromatic N) is 1. The predicted octanol–water partition coefficient (Wildman–Crippen LogP) is 1.41. The third kappa shape index (κ3) is 1.73. The Hall–Kier alpha value is -2.30. The van der Waals surface area contributed by atoms with E-state index in [9.17, 15) is 4.79 Å². The van der Waals surface area contributed by atoms with Gasteiger partial charge < -0.3 is 11.1 Å². The Labute approximate surface area is 104 Å². The van der Waals surface area contributed by atoms with E-state index in [1.54, 1.807) is 0 Å². The molecule has 5 heteroatoms. The van der Waals surface area contributed by atoms with Crippen LogP contribution >= 0.6 is 0 Å². The van der Waals surface area contributed by atoms with Gasteiger partial charge in [-0.3, -0.25) is 9.89 Å². The van der Waals surface area contributed by atoms with Crippen molar-refractivity contribution in [1.29, 1.82) is 0 Å². The fourth-order valence-electron chi connectivity index (χ4n) is 2.13. The average molecular weight is 242 g/mol. The minimum Gasteiger partial charge on any atom is -0.383 e. The molecule has 0 radical (unpaired) electrons. The van der Waals surface area contributed by atoms with Crippen LogP contribution in [0.25, 0.3) is 0 Å². The van der Waals surface area contributed by atoms with Crippen molar-refractivity contribution in [1.82, 2.24) is 15.5 Å². The molecule has 4 N–H and O–H groups in total. The summed E-state index contributed by atoms with van der Waals surface area (Å²) in [6.45, 7) is 0. The molecule has 1 aromatic carbocycles. The number of anilines is 1. The van der Waals surface area contributed by atoms with E-state index >= 15 is 0 Å². The van der Waals surface area contributed by atoms with E-state index in [1.807, 2.05) is 30.3 Å². The molecule has 2 aromatic rings. The summed E-state index contributed by atoms with van der Waals surface area (Å²) in [6, 6.07) is 10.00. The molecular weight excluding hydrogens is 228 g/mol. The number of nitrogen functional groups attached to an aromatic ring is 1. The van der Waals surface area contributed by atoms with Gasteiger partial charge >= 0.3 is 0 Å². The van der Waals surface area contributed by atoms with Gasteiger partial charge in [-0.05, 0) is 18.4 Å². The Morgan fingerprint density at radius 2 is 2.06 bits per heavy atom. The van der Waals surface area contributed by atoms with Gasteiger partial charge in [0, 0.05) is 0 Å². The molecule has 0 spiro atoms. The number of carbonyl (C=O) groups is 1. The maximum absolute atomic E-state index is 12.1. The second kappa shape index (κ2) is 3.87. The fraction of sp³-hybridized carbons (Fsp3) is 0.231. The van der Waals surface area contributed by atoms with Crippen LogP contribution in [-0.4, -0.2) is 16.1 Å². The highest BCUT2D eigenvalue weighted by Gasteiger charge is 2.45. The number of aromatic amines is 1. The summed E-state index contributed by atoms with van der Waals surface area (Å²) >= 11 is 0. The molecule has 1 fully saturated rings. The lowest BCUT2D eigenvalue weighted by molar-refractivity contribution is 0.0932. The van der Waals surface area contributed by atoms with Crippen LogP contribution in [0.5, 0.6) is 0 Å². The Morgan fingerprint density at radius 3 is 2.61 bits per heavy atom. The van der Waals surface area contributed by atoms with Gasteiger partial charge in [-0.1, -0.05) is 30.3 Å². The maximum atomic E-state index is 12.1. The fourth-order valence-corrected chi connectivity index (χ4v) is 2.13. The third-order valence-corrected chi connectivity index (χ3v) is 3.34. The number of nitrogens with two attached hydrogens (primary N) is 1. The van der Waals surface area contributed by atoms with Crippen LogP contribution in [0.15, 0.2) is 36.5 Å². The quantitative estimate of drug-likeness (QED) is 0.761. The van der Waals surface area contributed by atoms with E-state index in [4.69, 9.17) is 5.73 Å². The molecule has 0 saturated heterocycles. The first-order valence-electron chi connectivity index (χ1n) is 5.88. The van der Waals surface area contributed by atoms with Crippen LogP contribution in [0.1, 0.15) is 28.8 Å². The number of H-pyrrole nitrogens is 1. The van der Waals surface area contributed by atoms with E-state index in [2.05, 4.69) is 15.5 Å². The molecule has 1 amide bonds. The predicted molar refractivity (Wildman–Crippen MR) is 67.8 cm³/mol. The molecule has 0 aliphatic heterocycles. The second-order valence-corrected chi connectivity index (χ2v) is 4.60. The number of hydrogen-bond acceptors (Lipinski definition) is 3. The van der Waals surface area contributed by atoms with Gasteiger partial charge in [0.05, 0.1) is 11.7 Å². The zero-order chi connectivity index (χ0) is 12.6. The smallest absolute Gasteiger partial charge is 0.257 e. The highest BCUT2D eigenvalue weighted by molar-refractivity contribution is 5.98.